The van der Waals surface area contributed by atoms with Crippen LogP contribution in [0, 0.1) is 52.3 Å². The summed E-state index contributed by atoms with van der Waals surface area (Å²) in [5, 5.41) is 19.7. The van der Waals surface area contributed by atoms with E-state index in [-0.39, 0.29) is 17.4 Å². The van der Waals surface area contributed by atoms with Gasteiger partial charge in [-0.15, -0.1) is 0 Å². The molecule has 4 nitrogen and oxygen atoms in total. The smallest absolute Gasteiger partial charge is 0.309 e. The first-order valence-electron chi connectivity index (χ1n) is 12.0. The minimum atomic E-state index is -0.708. The van der Waals surface area contributed by atoms with E-state index in [9.17, 15) is 19.8 Å². The molecule has 4 heteroatoms. The lowest BCUT2D eigenvalue weighted by Crippen LogP contribution is -2.53. The standard InChI is InChI=1S/C25H40O4/c1-14(13-24(2,3)23(28)29)19-7-8-20-22-18(9-10-25(19,20)4)17-6-5-16(26)11-15(17)12-21(22)27/h14-20,22,26H,5-13H2,1-4H3,(H,28,29). The fourth-order valence-corrected chi connectivity index (χ4v) is 8.58. The number of hydrogen-bond acceptors (Lipinski definition) is 3. The zero-order valence-corrected chi connectivity index (χ0v) is 18.7. The molecule has 0 aromatic rings. The largest absolute Gasteiger partial charge is 0.481 e. The number of aliphatic hydroxyl groups is 1. The van der Waals surface area contributed by atoms with Gasteiger partial charge in [-0.1, -0.05) is 13.8 Å². The van der Waals surface area contributed by atoms with Crippen LogP contribution >= 0.6 is 0 Å². The van der Waals surface area contributed by atoms with Crippen LogP contribution < -0.4 is 0 Å². The van der Waals surface area contributed by atoms with Crippen LogP contribution in [0.3, 0.4) is 0 Å². The Bertz CT molecular complexity index is 670. The Kier molecular flexibility index (Phi) is 5.41. The summed E-state index contributed by atoms with van der Waals surface area (Å²) in [6.45, 7) is 8.36. The third-order valence-corrected chi connectivity index (χ3v) is 9.89. The van der Waals surface area contributed by atoms with E-state index in [0.29, 0.717) is 54.1 Å². The van der Waals surface area contributed by atoms with Crippen LogP contribution in [0.5, 0.6) is 0 Å². The third kappa shape index (κ3) is 3.47. The summed E-state index contributed by atoms with van der Waals surface area (Å²) >= 11 is 0. The summed E-state index contributed by atoms with van der Waals surface area (Å²) in [5.74, 6) is 2.90. The SMILES string of the molecule is CC(CC(C)(C)C(=O)O)C1CCC2C3C(=O)CC4CC(O)CCC4C3CCC12C. The van der Waals surface area contributed by atoms with Gasteiger partial charge in [0.1, 0.15) is 5.78 Å². The van der Waals surface area contributed by atoms with E-state index in [4.69, 9.17) is 0 Å². The molecule has 0 heterocycles. The molecule has 0 aromatic carbocycles. The predicted molar refractivity (Wildman–Crippen MR) is 112 cm³/mol. The van der Waals surface area contributed by atoms with E-state index >= 15 is 0 Å². The quantitative estimate of drug-likeness (QED) is 0.696. The lowest BCUT2D eigenvalue weighted by molar-refractivity contribution is -0.149. The zero-order chi connectivity index (χ0) is 21.1. The van der Waals surface area contributed by atoms with Gasteiger partial charge in [0.25, 0.3) is 0 Å². The molecule has 2 N–H and O–H groups in total. The van der Waals surface area contributed by atoms with Crippen LogP contribution in [0.15, 0.2) is 0 Å². The van der Waals surface area contributed by atoms with E-state index in [2.05, 4.69) is 13.8 Å². The van der Waals surface area contributed by atoms with E-state index in [0.717, 1.165) is 38.5 Å². The molecule has 0 amide bonds. The van der Waals surface area contributed by atoms with Crippen molar-refractivity contribution in [1.82, 2.24) is 0 Å². The molecule has 0 spiro atoms. The molecule has 29 heavy (non-hydrogen) atoms. The zero-order valence-electron chi connectivity index (χ0n) is 18.7. The minimum absolute atomic E-state index is 0.172. The lowest BCUT2D eigenvalue weighted by Gasteiger charge is -2.55. The maximum absolute atomic E-state index is 13.3. The Morgan fingerprint density at radius 1 is 1.17 bits per heavy atom. The van der Waals surface area contributed by atoms with Crippen molar-refractivity contribution in [3.63, 3.8) is 0 Å². The number of aliphatic carboxylic acids is 1. The topological polar surface area (TPSA) is 74.6 Å². The van der Waals surface area contributed by atoms with Crippen molar-refractivity contribution in [1.29, 1.82) is 0 Å². The first-order valence-corrected chi connectivity index (χ1v) is 12.0. The highest BCUT2D eigenvalue weighted by atomic mass is 16.4. The molecule has 0 aromatic heterocycles. The molecule has 4 aliphatic carbocycles. The molecule has 4 rings (SSSR count). The number of carboxylic acids is 1. The van der Waals surface area contributed by atoms with Gasteiger partial charge in [0, 0.05) is 12.3 Å². The second-order valence-electron chi connectivity index (χ2n) is 12.0. The van der Waals surface area contributed by atoms with Gasteiger partial charge < -0.3 is 10.2 Å². The fraction of sp³-hybridized carbons (Fsp3) is 0.920. The first kappa shape index (κ1) is 21.3. The molecule has 4 fully saturated rings. The third-order valence-electron chi connectivity index (χ3n) is 9.89. The van der Waals surface area contributed by atoms with Crippen molar-refractivity contribution in [2.45, 2.75) is 91.6 Å². The van der Waals surface area contributed by atoms with Crippen molar-refractivity contribution in [3.05, 3.63) is 0 Å². The Hall–Kier alpha value is -0.900. The Balaban J connectivity index is 1.53. The highest BCUT2D eigenvalue weighted by Gasteiger charge is 2.60. The highest BCUT2D eigenvalue weighted by molar-refractivity contribution is 5.83. The summed E-state index contributed by atoms with van der Waals surface area (Å²) in [5.41, 5.74) is -0.520. The van der Waals surface area contributed by atoms with Crippen LogP contribution in [0.2, 0.25) is 0 Å². The van der Waals surface area contributed by atoms with Gasteiger partial charge in [-0.2, -0.15) is 0 Å². The van der Waals surface area contributed by atoms with Crippen LogP contribution in [-0.4, -0.2) is 28.1 Å². The predicted octanol–water partition coefficient (Wildman–Crippen LogP) is 4.93. The molecule has 9 atom stereocenters. The molecule has 164 valence electrons. The van der Waals surface area contributed by atoms with E-state index in [1.54, 1.807) is 0 Å². The second kappa shape index (κ2) is 7.35. The fourth-order valence-electron chi connectivity index (χ4n) is 8.58. The first-order chi connectivity index (χ1) is 13.5. The average molecular weight is 405 g/mol. The molecule has 0 aliphatic heterocycles. The van der Waals surface area contributed by atoms with Crippen molar-refractivity contribution in [2.24, 2.45) is 52.3 Å². The number of ketones is 1. The van der Waals surface area contributed by atoms with Crippen molar-refractivity contribution in [2.75, 3.05) is 0 Å². The summed E-state index contributed by atoms with van der Waals surface area (Å²) in [6, 6.07) is 0. The van der Waals surface area contributed by atoms with Gasteiger partial charge in [-0.25, -0.2) is 0 Å². The van der Waals surface area contributed by atoms with E-state index in [1.165, 1.54) is 6.42 Å². The molecular formula is C25H40O4. The number of carbonyl (C=O) groups is 2. The number of hydrogen-bond donors (Lipinski definition) is 2. The number of rotatable bonds is 4. The summed E-state index contributed by atoms with van der Waals surface area (Å²) in [4.78, 5) is 25.0. The van der Waals surface area contributed by atoms with Gasteiger partial charge in [0.15, 0.2) is 0 Å². The Morgan fingerprint density at radius 2 is 1.90 bits per heavy atom. The van der Waals surface area contributed by atoms with E-state index < -0.39 is 11.4 Å². The average Bonchev–Trinajstić information content (AvgIpc) is 2.98. The minimum Gasteiger partial charge on any atom is -0.481 e. The Labute approximate surface area is 175 Å². The van der Waals surface area contributed by atoms with Crippen LogP contribution in [-0.2, 0) is 9.59 Å². The van der Waals surface area contributed by atoms with Crippen LogP contribution in [0.25, 0.3) is 0 Å². The lowest BCUT2D eigenvalue weighted by atomic mass is 9.48. The maximum atomic E-state index is 13.3. The second-order valence-corrected chi connectivity index (χ2v) is 12.0. The van der Waals surface area contributed by atoms with E-state index in [1.807, 2.05) is 13.8 Å². The normalized spacial score (nSPS) is 45.8. The van der Waals surface area contributed by atoms with Crippen molar-refractivity contribution < 1.29 is 19.8 Å². The Morgan fingerprint density at radius 3 is 2.59 bits per heavy atom. The monoisotopic (exact) mass is 404 g/mol. The van der Waals surface area contributed by atoms with Crippen molar-refractivity contribution >= 4 is 11.8 Å². The number of carboxylic acid groups (broad SMARTS) is 1. The summed E-state index contributed by atoms with van der Waals surface area (Å²) in [6.07, 6.45) is 8.61. The maximum Gasteiger partial charge on any atom is 0.309 e. The molecule has 4 saturated carbocycles. The molecule has 9 unspecified atom stereocenters. The summed E-state index contributed by atoms with van der Waals surface area (Å²) in [7, 11) is 0. The van der Waals surface area contributed by atoms with Gasteiger partial charge in [-0.3, -0.25) is 9.59 Å². The van der Waals surface area contributed by atoms with Gasteiger partial charge in [0.2, 0.25) is 0 Å². The number of aliphatic hydroxyl groups excluding tert-OH is 1. The molecular weight excluding hydrogens is 364 g/mol. The highest BCUT2D eigenvalue weighted by Crippen LogP contribution is 2.65. The van der Waals surface area contributed by atoms with Crippen LogP contribution in [0.4, 0.5) is 0 Å². The molecule has 4 aliphatic rings. The number of carbonyl (C=O) groups excluding carboxylic acids is 1. The number of fused-ring (bicyclic) bond motifs is 5. The number of Topliss-reactive ketones (excluding diaryl/α,β-unsaturated/α-hetero) is 1. The molecule has 0 bridgehead atoms. The van der Waals surface area contributed by atoms with Crippen LogP contribution in [0.1, 0.15) is 85.5 Å². The molecule has 0 radical (unpaired) electrons. The van der Waals surface area contributed by atoms with Gasteiger partial charge in [-0.05, 0) is 106 Å². The van der Waals surface area contributed by atoms with Gasteiger partial charge in [0.05, 0.1) is 11.5 Å². The summed E-state index contributed by atoms with van der Waals surface area (Å²) < 4.78 is 0. The molecule has 0 saturated heterocycles. The van der Waals surface area contributed by atoms with Crippen molar-refractivity contribution in [3.8, 4) is 0 Å². The van der Waals surface area contributed by atoms with Gasteiger partial charge >= 0.3 is 5.97 Å².